The Morgan fingerprint density at radius 1 is 1.23 bits per heavy atom. The van der Waals surface area contributed by atoms with Crippen LogP contribution < -0.4 is 5.73 Å². The molecule has 0 aliphatic carbocycles. The maximum atomic E-state index is 12.4. The summed E-state index contributed by atoms with van der Waals surface area (Å²) in [4.78, 5) is 22.6. The number of nitrogens with zero attached hydrogens (tertiary/aromatic N) is 3. The Morgan fingerprint density at radius 3 is 2.55 bits per heavy atom. The third-order valence-electron chi connectivity index (χ3n) is 3.48. The molecule has 1 aliphatic rings. The molecule has 0 saturated carbocycles. The number of carbonyl (C=O) groups excluding carboxylic acids is 1. The van der Waals surface area contributed by atoms with Crippen molar-refractivity contribution in [3.63, 3.8) is 0 Å². The zero-order valence-corrected chi connectivity index (χ0v) is 13.4. The Labute approximate surface area is 136 Å². The summed E-state index contributed by atoms with van der Waals surface area (Å²) < 4.78 is 5.77. The Kier molecular flexibility index (Phi) is 4.35. The predicted octanol–water partition coefficient (Wildman–Crippen LogP) is 1.96. The zero-order chi connectivity index (χ0) is 15.5. The first kappa shape index (κ1) is 14.9. The molecule has 0 bridgehead atoms. The van der Waals surface area contributed by atoms with Crippen LogP contribution in [0.4, 0.5) is 5.82 Å². The molecule has 0 radical (unpaired) electrons. The van der Waals surface area contributed by atoms with Gasteiger partial charge in [0.05, 0.1) is 25.1 Å². The third-order valence-corrected chi connectivity index (χ3v) is 4.07. The molecule has 0 spiro atoms. The number of nitrogen functional groups attached to an aromatic ring is 1. The number of halogens is 1. The van der Waals surface area contributed by atoms with Crippen molar-refractivity contribution in [3.05, 3.63) is 40.6 Å². The van der Waals surface area contributed by atoms with Gasteiger partial charge in [0.15, 0.2) is 5.82 Å². The molecule has 1 fully saturated rings. The molecule has 114 valence electrons. The summed E-state index contributed by atoms with van der Waals surface area (Å²) >= 11 is 3.26. The first-order valence-corrected chi connectivity index (χ1v) is 7.70. The molecule has 7 heteroatoms. The fourth-order valence-corrected chi connectivity index (χ4v) is 2.54. The molecule has 1 saturated heterocycles. The fourth-order valence-electron chi connectivity index (χ4n) is 2.25. The molecule has 0 atom stereocenters. The lowest BCUT2D eigenvalue weighted by Gasteiger charge is -2.26. The number of carbonyl (C=O) groups is 1. The second-order valence-electron chi connectivity index (χ2n) is 4.91. The van der Waals surface area contributed by atoms with E-state index >= 15 is 0 Å². The van der Waals surface area contributed by atoms with E-state index < -0.39 is 0 Å². The van der Waals surface area contributed by atoms with Crippen LogP contribution in [0.5, 0.6) is 0 Å². The number of hydrogen-bond donors (Lipinski definition) is 1. The van der Waals surface area contributed by atoms with Gasteiger partial charge in [-0.15, -0.1) is 0 Å². The number of morpholine rings is 1. The first-order valence-electron chi connectivity index (χ1n) is 6.90. The van der Waals surface area contributed by atoms with E-state index in [1.54, 1.807) is 23.2 Å². The summed E-state index contributed by atoms with van der Waals surface area (Å²) in [6.45, 7) is 2.46. The Hall–Kier alpha value is -1.99. The van der Waals surface area contributed by atoms with E-state index in [0.717, 1.165) is 5.56 Å². The highest BCUT2D eigenvalue weighted by Gasteiger charge is 2.18. The number of nitrogens with two attached hydrogens (primary N) is 1. The quantitative estimate of drug-likeness (QED) is 0.882. The summed E-state index contributed by atoms with van der Waals surface area (Å²) in [5, 5.41) is 0. The molecule has 2 aromatic rings. The molecule has 3 rings (SSSR count). The lowest BCUT2D eigenvalue weighted by Crippen LogP contribution is -2.40. The van der Waals surface area contributed by atoms with E-state index in [9.17, 15) is 4.79 Å². The first-order chi connectivity index (χ1) is 10.6. The lowest BCUT2D eigenvalue weighted by molar-refractivity contribution is 0.0303. The van der Waals surface area contributed by atoms with Gasteiger partial charge in [0.25, 0.3) is 5.91 Å². The average Bonchev–Trinajstić information content (AvgIpc) is 2.58. The van der Waals surface area contributed by atoms with Crippen LogP contribution in [0, 0.1) is 0 Å². The molecule has 2 N–H and O–H groups in total. The largest absolute Gasteiger partial charge is 0.381 e. The number of aromatic nitrogens is 2. The van der Waals surface area contributed by atoms with Crippen LogP contribution in [0.3, 0.4) is 0 Å². The van der Waals surface area contributed by atoms with Crippen molar-refractivity contribution in [1.82, 2.24) is 14.9 Å². The average molecular weight is 363 g/mol. The van der Waals surface area contributed by atoms with E-state index in [1.807, 2.05) is 12.1 Å². The number of ether oxygens (including phenoxy) is 1. The van der Waals surface area contributed by atoms with Gasteiger partial charge < -0.3 is 15.4 Å². The van der Waals surface area contributed by atoms with Crippen LogP contribution >= 0.6 is 15.9 Å². The van der Waals surface area contributed by atoms with Crippen LogP contribution in [0.2, 0.25) is 0 Å². The highest BCUT2D eigenvalue weighted by molar-refractivity contribution is 9.10. The number of rotatable bonds is 2. The summed E-state index contributed by atoms with van der Waals surface area (Å²) in [6, 6.07) is 7.33. The van der Waals surface area contributed by atoms with Gasteiger partial charge in [0, 0.05) is 24.2 Å². The Bertz CT molecular complexity index is 684. The zero-order valence-electron chi connectivity index (χ0n) is 11.8. The van der Waals surface area contributed by atoms with E-state index in [4.69, 9.17) is 10.5 Å². The molecule has 22 heavy (non-hydrogen) atoms. The SMILES string of the molecule is Nc1ncc(-c2ccc(C(=O)N3CCOCC3)cc2)nc1Br. The van der Waals surface area contributed by atoms with Crippen molar-refractivity contribution in [3.8, 4) is 11.3 Å². The monoisotopic (exact) mass is 362 g/mol. The van der Waals surface area contributed by atoms with Crippen molar-refractivity contribution in [2.75, 3.05) is 32.0 Å². The summed E-state index contributed by atoms with van der Waals surface area (Å²) in [6.07, 6.45) is 1.61. The second kappa shape index (κ2) is 6.41. The van der Waals surface area contributed by atoms with E-state index in [-0.39, 0.29) is 5.91 Å². The molecule has 1 aromatic heterocycles. The molecule has 1 aromatic carbocycles. The minimum atomic E-state index is 0.0272. The minimum absolute atomic E-state index is 0.0272. The van der Waals surface area contributed by atoms with Crippen molar-refractivity contribution in [1.29, 1.82) is 0 Å². The van der Waals surface area contributed by atoms with Crippen molar-refractivity contribution in [2.45, 2.75) is 0 Å². The topological polar surface area (TPSA) is 81.3 Å². The minimum Gasteiger partial charge on any atom is -0.381 e. The molecule has 2 heterocycles. The number of anilines is 1. The van der Waals surface area contributed by atoms with Crippen molar-refractivity contribution in [2.24, 2.45) is 0 Å². The van der Waals surface area contributed by atoms with Crippen LogP contribution in [0.25, 0.3) is 11.3 Å². The molecule has 6 nitrogen and oxygen atoms in total. The molecular formula is C15H15BrN4O2. The second-order valence-corrected chi connectivity index (χ2v) is 5.66. The van der Waals surface area contributed by atoms with E-state index in [1.165, 1.54) is 0 Å². The number of benzene rings is 1. The highest BCUT2D eigenvalue weighted by atomic mass is 79.9. The summed E-state index contributed by atoms with van der Waals surface area (Å²) in [7, 11) is 0. The van der Waals surface area contributed by atoms with Gasteiger partial charge >= 0.3 is 0 Å². The van der Waals surface area contributed by atoms with Crippen LogP contribution in [-0.2, 0) is 4.74 Å². The summed E-state index contributed by atoms with van der Waals surface area (Å²) in [5.41, 5.74) is 7.87. The van der Waals surface area contributed by atoms with Crippen LogP contribution in [-0.4, -0.2) is 47.1 Å². The Balaban J connectivity index is 1.79. The number of amides is 1. The third kappa shape index (κ3) is 3.10. The van der Waals surface area contributed by atoms with E-state index in [0.29, 0.717) is 48.0 Å². The van der Waals surface area contributed by atoms with Gasteiger partial charge in [-0.05, 0) is 28.1 Å². The van der Waals surface area contributed by atoms with Gasteiger partial charge in [-0.25, -0.2) is 9.97 Å². The summed E-state index contributed by atoms with van der Waals surface area (Å²) in [5.74, 6) is 0.377. The smallest absolute Gasteiger partial charge is 0.254 e. The van der Waals surface area contributed by atoms with Gasteiger partial charge in [0.2, 0.25) is 0 Å². The molecule has 0 unspecified atom stereocenters. The van der Waals surface area contributed by atoms with Crippen LogP contribution in [0.1, 0.15) is 10.4 Å². The van der Waals surface area contributed by atoms with Crippen molar-refractivity contribution < 1.29 is 9.53 Å². The molecule has 1 aliphatic heterocycles. The normalized spacial score (nSPS) is 14.9. The lowest BCUT2D eigenvalue weighted by atomic mass is 10.1. The molecular weight excluding hydrogens is 348 g/mol. The molecule has 1 amide bonds. The standard InChI is InChI=1S/C15H15BrN4O2/c16-13-14(17)18-9-12(19-13)10-1-3-11(4-2-10)15(21)20-5-7-22-8-6-20/h1-4,9H,5-8H2,(H2,17,18). The van der Waals surface area contributed by atoms with E-state index in [2.05, 4.69) is 25.9 Å². The predicted molar refractivity (Wildman–Crippen MR) is 86.3 cm³/mol. The van der Waals surface area contributed by atoms with Gasteiger partial charge in [-0.3, -0.25) is 4.79 Å². The van der Waals surface area contributed by atoms with Gasteiger partial charge in [-0.2, -0.15) is 0 Å². The van der Waals surface area contributed by atoms with Gasteiger partial charge in [-0.1, -0.05) is 12.1 Å². The maximum Gasteiger partial charge on any atom is 0.254 e. The Morgan fingerprint density at radius 2 is 1.91 bits per heavy atom. The maximum absolute atomic E-state index is 12.4. The number of hydrogen-bond acceptors (Lipinski definition) is 5. The van der Waals surface area contributed by atoms with Crippen molar-refractivity contribution >= 4 is 27.7 Å². The fraction of sp³-hybridized carbons (Fsp3) is 0.267. The van der Waals surface area contributed by atoms with Gasteiger partial charge in [0.1, 0.15) is 4.60 Å². The highest BCUT2D eigenvalue weighted by Crippen LogP contribution is 2.22. The van der Waals surface area contributed by atoms with Crippen LogP contribution in [0.15, 0.2) is 35.1 Å².